The molecule has 15 heavy (non-hydrogen) atoms. The Hall–Kier alpha value is -1.19. The molecule has 0 spiro atoms. The molecule has 1 rings (SSSR count). The zero-order valence-corrected chi connectivity index (χ0v) is 8.60. The van der Waals surface area contributed by atoms with Crippen molar-refractivity contribution in [3.05, 3.63) is 35.9 Å². The Labute approximate surface area is 89.4 Å². The lowest BCUT2D eigenvalue weighted by molar-refractivity contribution is 0.0906. The second kappa shape index (κ2) is 6.32. The lowest BCUT2D eigenvalue weighted by Crippen LogP contribution is -2.11. The molecule has 0 amide bonds. The first kappa shape index (κ1) is 11.9. The first-order valence-corrected chi connectivity index (χ1v) is 5.11. The fraction of sp³-hybridized carbons (Fsp3) is 0.417. The maximum atomic E-state index is 11.6. The van der Waals surface area contributed by atoms with E-state index in [0.717, 1.165) is 0 Å². The van der Waals surface area contributed by atoms with Crippen LogP contribution < -0.4 is 0 Å². The lowest BCUT2D eigenvalue weighted by Gasteiger charge is -2.07. The maximum absolute atomic E-state index is 11.6. The average Bonchev–Trinajstić information content (AvgIpc) is 2.27. The lowest BCUT2D eigenvalue weighted by atomic mass is 10.0. The van der Waals surface area contributed by atoms with Crippen LogP contribution in [0.3, 0.4) is 0 Å². The summed E-state index contributed by atoms with van der Waals surface area (Å²) in [5.41, 5.74) is 0.675. The minimum Gasteiger partial charge on any atom is -0.396 e. The molecule has 0 saturated heterocycles. The highest BCUT2D eigenvalue weighted by Gasteiger charge is 2.09. The molecule has 0 aliphatic carbocycles. The van der Waals surface area contributed by atoms with Gasteiger partial charge in [0.05, 0.1) is 6.10 Å². The number of ketones is 1. The first-order valence-electron chi connectivity index (χ1n) is 5.11. The molecule has 3 nitrogen and oxygen atoms in total. The Kier molecular flexibility index (Phi) is 5.01. The summed E-state index contributed by atoms with van der Waals surface area (Å²) in [6.07, 6.45) is 0.490. The first-order chi connectivity index (χ1) is 7.24. The van der Waals surface area contributed by atoms with Crippen LogP contribution in [-0.2, 0) is 0 Å². The van der Waals surface area contributed by atoms with Gasteiger partial charge in [-0.1, -0.05) is 30.3 Å². The van der Waals surface area contributed by atoms with Crippen LogP contribution in [0.4, 0.5) is 0 Å². The zero-order valence-electron chi connectivity index (χ0n) is 8.60. The van der Waals surface area contributed by atoms with E-state index < -0.39 is 6.10 Å². The Morgan fingerprint density at radius 3 is 2.47 bits per heavy atom. The van der Waals surface area contributed by atoms with E-state index in [1.54, 1.807) is 12.1 Å². The third kappa shape index (κ3) is 4.23. The van der Waals surface area contributed by atoms with Crippen LogP contribution in [0.1, 0.15) is 29.6 Å². The van der Waals surface area contributed by atoms with Crippen molar-refractivity contribution in [1.82, 2.24) is 0 Å². The summed E-state index contributed by atoms with van der Waals surface area (Å²) in [4.78, 5) is 11.6. The summed E-state index contributed by atoms with van der Waals surface area (Å²) < 4.78 is 0. The largest absolute Gasteiger partial charge is 0.396 e. The average molecular weight is 208 g/mol. The molecule has 1 aromatic carbocycles. The van der Waals surface area contributed by atoms with Crippen molar-refractivity contribution in [3.8, 4) is 0 Å². The summed E-state index contributed by atoms with van der Waals surface area (Å²) in [7, 11) is 0. The smallest absolute Gasteiger partial charge is 0.162 e. The van der Waals surface area contributed by atoms with E-state index in [0.29, 0.717) is 24.8 Å². The molecule has 0 aliphatic heterocycles. The minimum atomic E-state index is -0.581. The number of carbonyl (C=O) groups is 1. The normalized spacial score (nSPS) is 12.4. The van der Waals surface area contributed by atoms with Crippen molar-refractivity contribution in [3.63, 3.8) is 0 Å². The Morgan fingerprint density at radius 2 is 1.87 bits per heavy atom. The molecule has 1 atom stereocenters. The number of aliphatic hydroxyl groups excluding tert-OH is 2. The maximum Gasteiger partial charge on any atom is 0.162 e. The summed E-state index contributed by atoms with van der Waals surface area (Å²) in [5, 5.41) is 17.9. The van der Waals surface area contributed by atoms with Gasteiger partial charge in [-0.05, 0) is 12.8 Å². The molecule has 0 heterocycles. The van der Waals surface area contributed by atoms with Crippen LogP contribution in [0.25, 0.3) is 0 Å². The standard InChI is InChI=1S/C12H16O3/c13-9-8-11(14)6-7-12(15)10-4-2-1-3-5-10/h1-5,11,13-14H,6-9H2/t11-/m0/s1. The number of benzene rings is 1. The molecule has 0 unspecified atom stereocenters. The van der Waals surface area contributed by atoms with E-state index in [2.05, 4.69) is 0 Å². The van der Waals surface area contributed by atoms with Gasteiger partial charge in [0.25, 0.3) is 0 Å². The predicted molar refractivity (Wildman–Crippen MR) is 57.7 cm³/mol. The second-order valence-electron chi connectivity index (χ2n) is 3.49. The number of hydrogen-bond acceptors (Lipinski definition) is 3. The summed E-state index contributed by atoms with van der Waals surface area (Å²) in [6, 6.07) is 9.02. The highest BCUT2D eigenvalue weighted by molar-refractivity contribution is 5.95. The monoisotopic (exact) mass is 208 g/mol. The van der Waals surface area contributed by atoms with Gasteiger partial charge in [0.2, 0.25) is 0 Å². The van der Waals surface area contributed by atoms with Gasteiger partial charge in [-0.15, -0.1) is 0 Å². The Balaban J connectivity index is 2.37. The van der Waals surface area contributed by atoms with Gasteiger partial charge in [0, 0.05) is 18.6 Å². The van der Waals surface area contributed by atoms with Crippen LogP contribution in [0.2, 0.25) is 0 Å². The van der Waals surface area contributed by atoms with Crippen molar-refractivity contribution in [1.29, 1.82) is 0 Å². The van der Waals surface area contributed by atoms with E-state index >= 15 is 0 Å². The summed E-state index contributed by atoms with van der Waals surface area (Å²) >= 11 is 0. The minimum absolute atomic E-state index is 0.0348. The van der Waals surface area contributed by atoms with E-state index in [4.69, 9.17) is 5.11 Å². The van der Waals surface area contributed by atoms with Crippen LogP contribution >= 0.6 is 0 Å². The number of aliphatic hydroxyl groups is 2. The summed E-state index contributed by atoms with van der Waals surface area (Å²) in [6.45, 7) is -0.0410. The third-order valence-corrected chi connectivity index (χ3v) is 2.26. The zero-order chi connectivity index (χ0) is 11.1. The molecule has 3 heteroatoms. The van der Waals surface area contributed by atoms with Crippen molar-refractivity contribution >= 4 is 5.78 Å². The highest BCUT2D eigenvalue weighted by Crippen LogP contribution is 2.08. The second-order valence-corrected chi connectivity index (χ2v) is 3.49. The van der Waals surface area contributed by atoms with E-state index in [1.165, 1.54) is 0 Å². The molecular weight excluding hydrogens is 192 g/mol. The molecular formula is C12H16O3. The number of rotatable bonds is 6. The molecule has 82 valence electrons. The van der Waals surface area contributed by atoms with Gasteiger partial charge in [-0.3, -0.25) is 4.79 Å². The van der Waals surface area contributed by atoms with Crippen molar-refractivity contribution in [2.24, 2.45) is 0 Å². The van der Waals surface area contributed by atoms with Gasteiger partial charge in [0.15, 0.2) is 5.78 Å². The molecule has 0 bridgehead atoms. The van der Waals surface area contributed by atoms with Crippen LogP contribution in [-0.4, -0.2) is 28.7 Å². The predicted octanol–water partition coefficient (Wildman–Crippen LogP) is 1.39. The fourth-order valence-corrected chi connectivity index (χ4v) is 1.36. The van der Waals surface area contributed by atoms with Gasteiger partial charge in [-0.25, -0.2) is 0 Å². The molecule has 0 fully saturated rings. The van der Waals surface area contributed by atoms with Gasteiger partial charge < -0.3 is 10.2 Å². The van der Waals surface area contributed by atoms with E-state index in [9.17, 15) is 9.90 Å². The fourth-order valence-electron chi connectivity index (χ4n) is 1.36. The molecule has 0 aromatic heterocycles. The summed E-state index contributed by atoms with van der Waals surface area (Å²) in [5.74, 6) is 0.0348. The van der Waals surface area contributed by atoms with Crippen molar-refractivity contribution in [2.45, 2.75) is 25.4 Å². The number of Topliss-reactive ketones (excluding diaryl/α,β-unsaturated/α-hetero) is 1. The Morgan fingerprint density at radius 1 is 1.20 bits per heavy atom. The molecule has 0 aliphatic rings. The molecule has 0 saturated carbocycles. The third-order valence-electron chi connectivity index (χ3n) is 2.26. The number of hydrogen-bond donors (Lipinski definition) is 2. The van der Waals surface area contributed by atoms with E-state index in [1.807, 2.05) is 18.2 Å². The molecule has 1 aromatic rings. The highest BCUT2D eigenvalue weighted by atomic mass is 16.3. The van der Waals surface area contributed by atoms with E-state index in [-0.39, 0.29) is 12.4 Å². The number of carbonyl (C=O) groups excluding carboxylic acids is 1. The van der Waals surface area contributed by atoms with Crippen LogP contribution in [0.15, 0.2) is 30.3 Å². The Bertz CT molecular complexity index is 295. The topological polar surface area (TPSA) is 57.5 Å². The van der Waals surface area contributed by atoms with Crippen LogP contribution in [0, 0.1) is 0 Å². The van der Waals surface area contributed by atoms with Crippen LogP contribution in [0.5, 0.6) is 0 Å². The van der Waals surface area contributed by atoms with Gasteiger partial charge in [-0.2, -0.15) is 0 Å². The molecule has 2 N–H and O–H groups in total. The van der Waals surface area contributed by atoms with Crippen molar-refractivity contribution in [2.75, 3.05) is 6.61 Å². The van der Waals surface area contributed by atoms with Gasteiger partial charge in [0.1, 0.15) is 0 Å². The quantitative estimate of drug-likeness (QED) is 0.695. The molecule has 0 radical (unpaired) electrons. The SMILES string of the molecule is O=C(CC[C@H](O)CCO)c1ccccc1. The van der Waals surface area contributed by atoms with Crippen molar-refractivity contribution < 1.29 is 15.0 Å². The van der Waals surface area contributed by atoms with Gasteiger partial charge >= 0.3 is 0 Å².